The summed E-state index contributed by atoms with van der Waals surface area (Å²) in [4.78, 5) is 16.4. The number of H-pyrrole nitrogens is 1. The van der Waals surface area contributed by atoms with Crippen LogP contribution in [0, 0.1) is 0 Å². The molecule has 1 aromatic heterocycles. The molecule has 0 aliphatic heterocycles. The van der Waals surface area contributed by atoms with Crippen LogP contribution in [0.5, 0.6) is 5.75 Å². The minimum Gasteiger partial charge on any atom is -0.507 e. The maximum atomic E-state index is 11.0. The van der Waals surface area contributed by atoms with Gasteiger partial charge in [-0.15, -0.1) is 0 Å². The third-order valence-electron chi connectivity index (χ3n) is 3.65. The summed E-state index contributed by atoms with van der Waals surface area (Å²) >= 11 is 0. The average molecular weight is 260 g/mol. The van der Waals surface area contributed by atoms with Gasteiger partial charge in [0.25, 0.3) is 0 Å². The molecule has 1 heterocycles. The fourth-order valence-electron chi connectivity index (χ4n) is 2.43. The highest BCUT2D eigenvalue weighted by molar-refractivity contribution is 6.00. The molecule has 0 radical (unpaired) electrons. The van der Waals surface area contributed by atoms with Crippen molar-refractivity contribution in [2.75, 3.05) is 19.6 Å². The number of benzene rings is 1. The van der Waals surface area contributed by atoms with Crippen LogP contribution in [0.15, 0.2) is 18.3 Å². The lowest BCUT2D eigenvalue weighted by Gasteiger charge is -2.17. The Morgan fingerprint density at radius 3 is 2.68 bits per heavy atom. The van der Waals surface area contributed by atoms with Crippen molar-refractivity contribution in [1.29, 1.82) is 0 Å². The quantitative estimate of drug-likeness (QED) is 0.785. The molecular formula is C15H20N2O2. The van der Waals surface area contributed by atoms with Crippen LogP contribution in [0.4, 0.5) is 0 Å². The van der Waals surface area contributed by atoms with E-state index in [1.807, 2.05) is 6.20 Å². The van der Waals surface area contributed by atoms with Crippen molar-refractivity contribution < 1.29 is 9.90 Å². The monoisotopic (exact) mass is 260 g/mol. The van der Waals surface area contributed by atoms with Crippen molar-refractivity contribution in [3.05, 3.63) is 29.5 Å². The first-order valence-electron chi connectivity index (χ1n) is 6.70. The topological polar surface area (TPSA) is 56.3 Å². The summed E-state index contributed by atoms with van der Waals surface area (Å²) < 4.78 is 0. The van der Waals surface area contributed by atoms with Crippen molar-refractivity contribution in [3.8, 4) is 5.75 Å². The van der Waals surface area contributed by atoms with Crippen LogP contribution >= 0.6 is 0 Å². The largest absolute Gasteiger partial charge is 0.507 e. The fourth-order valence-corrected chi connectivity index (χ4v) is 2.43. The minimum atomic E-state index is 0.233. The van der Waals surface area contributed by atoms with Gasteiger partial charge in [0, 0.05) is 23.7 Å². The van der Waals surface area contributed by atoms with Crippen LogP contribution in [0.3, 0.4) is 0 Å². The number of aromatic nitrogens is 1. The van der Waals surface area contributed by atoms with Gasteiger partial charge in [-0.25, -0.2) is 0 Å². The van der Waals surface area contributed by atoms with E-state index in [1.54, 1.807) is 12.1 Å². The molecule has 2 N–H and O–H groups in total. The lowest BCUT2D eigenvalue weighted by Crippen LogP contribution is -2.25. The molecule has 2 rings (SSSR count). The maximum Gasteiger partial charge on any atom is 0.152 e. The molecule has 4 nitrogen and oxygen atoms in total. The Balaban J connectivity index is 2.32. The highest BCUT2D eigenvalue weighted by Crippen LogP contribution is 2.30. The number of nitrogens with zero attached hydrogens (tertiary/aromatic N) is 1. The zero-order chi connectivity index (χ0) is 13.8. The summed E-state index contributed by atoms with van der Waals surface area (Å²) in [6.07, 6.45) is 3.56. The molecule has 0 amide bonds. The van der Waals surface area contributed by atoms with Crippen LogP contribution in [0.25, 0.3) is 10.9 Å². The number of carbonyl (C=O) groups excluding carboxylic acids is 1. The Bertz CT molecular complexity index is 571. The first kappa shape index (κ1) is 13.6. The number of aldehydes is 1. The molecule has 0 aliphatic rings. The highest BCUT2D eigenvalue weighted by Gasteiger charge is 2.12. The smallest absolute Gasteiger partial charge is 0.152 e. The van der Waals surface area contributed by atoms with Crippen molar-refractivity contribution >= 4 is 17.2 Å². The summed E-state index contributed by atoms with van der Waals surface area (Å²) in [6.45, 7) is 7.26. The third-order valence-corrected chi connectivity index (χ3v) is 3.65. The van der Waals surface area contributed by atoms with Crippen molar-refractivity contribution in [1.82, 2.24) is 9.88 Å². The number of carbonyl (C=O) groups is 1. The average Bonchev–Trinajstić information content (AvgIpc) is 2.85. The Morgan fingerprint density at radius 1 is 1.32 bits per heavy atom. The van der Waals surface area contributed by atoms with Gasteiger partial charge in [-0.05, 0) is 37.2 Å². The Labute approximate surface area is 113 Å². The van der Waals surface area contributed by atoms with Crippen LogP contribution in [0.2, 0.25) is 0 Å². The Kier molecular flexibility index (Phi) is 4.22. The predicted octanol–water partition coefficient (Wildman–Crippen LogP) is 2.57. The van der Waals surface area contributed by atoms with Crippen LogP contribution in [-0.4, -0.2) is 40.9 Å². The number of phenols is 1. The number of hydrogen-bond acceptors (Lipinski definition) is 3. The van der Waals surface area contributed by atoms with E-state index < -0.39 is 0 Å². The van der Waals surface area contributed by atoms with Gasteiger partial charge in [-0.2, -0.15) is 0 Å². The molecule has 102 valence electrons. The molecule has 0 spiro atoms. The Morgan fingerprint density at radius 2 is 2.05 bits per heavy atom. The molecule has 2 aromatic rings. The van der Waals surface area contributed by atoms with Gasteiger partial charge in [0.1, 0.15) is 5.75 Å². The van der Waals surface area contributed by atoms with Gasteiger partial charge >= 0.3 is 0 Å². The van der Waals surface area contributed by atoms with E-state index in [0.29, 0.717) is 5.56 Å². The second-order valence-corrected chi connectivity index (χ2v) is 4.63. The number of rotatable bonds is 6. The number of fused-ring (bicyclic) bond motifs is 1. The number of hydrogen-bond donors (Lipinski definition) is 2. The molecule has 0 atom stereocenters. The number of aromatic amines is 1. The molecule has 0 aliphatic carbocycles. The highest BCUT2D eigenvalue weighted by atomic mass is 16.3. The van der Waals surface area contributed by atoms with Crippen LogP contribution < -0.4 is 0 Å². The number of nitrogens with one attached hydrogen (secondary N) is 1. The molecule has 0 saturated carbocycles. The molecule has 0 bridgehead atoms. The summed E-state index contributed by atoms with van der Waals surface area (Å²) in [6, 6.07) is 3.22. The molecule has 4 heteroatoms. The summed E-state index contributed by atoms with van der Waals surface area (Å²) in [5.74, 6) is 0.233. The van der Waals surface area contributed by atoms with Crippen molar-refractivity contribution in [2.24, 2.45) is 0 Å². The first-order valence-corrected chi connectivity index (χ1v) is 6.70. The Hall–Kier alpha value is -1.81. The van der Waals surface area contributed by atoms with Crippen molar-refractivity contribution in [3.63, 3.8) is 0 Å². The lowest BCUT2D eigenvalue weighted by molar-refractivity contribution is 0.112. The minimum absolute atomic E-state index is 0.233. The zero-order valence-corrected chi connectivity index (χ0v) is 11.4. The van der Waals surface area contributed by atoms with Gasteiger partial charge in [0.2, 0.25) is 0 Å². The first-order chi connectivity index (χ1) is 9.21. The van der Waals surface area contributed by atoms with E-state index in [0.717, 1.165) is 48.8 Å². The van der Waals surface area contributed by atoms with Crippen LogP contribution in [-0.2, 0) is 6.42 Å². The standard InChI is InChI=1S/C15H20N2O2/c1-3-17(4-2)8-7-11-9-16-15-12(10-18)5-6-13(19)14(11)15/h5-6,9-10,16,19H,3-4,7-8H2,1-2H3. The molecule has 0 saturated heterocycles. The number of likely N-dealkylation sites (N-methyl/N-ethyl adjacent to an activating group) is 1. The summed E-state index contributed by atoms with van der Waals surface area (Å²) in [7, 11) is 0. The molecule has 19 heavy (non-hydrogen) atoms. The third kappa shape index (κ3) is 2.63. The van der Waals surface area contributed by atoms with E-state index in [9.17, 15) is 9.90 Å². The van der Waals surface area contributed by atoms with Gasteiger partial charge in [0.15, 0.2) is 6.29 Å². The predicted molar refractivity (Wildman–Crippen MR) is 76.8 cm³/mol. The van der Waals surface area contributed by atoms with Crippen LogP contribution in [0.1, 0.15) is 29.8 Å². The van der Waals surface area contributed by atoms with Gasteiger partial charge in [-0.3, -0.25) is 4.79 Å². The fraction of sp³-hybridized carbons (Fsp3) is 0.400. The van der Waals surface area contributed by atoms with E-state index in [-0.39, 0.29) is 5.75 Å². The zero-order valence-electron chi connectivity index (χ0n) is 11.4. The van der Waals surface area contributed by atoms with E-state index in [4.69, 9.17) is 0 Å². The SMILES string of the molecule is CCN(CC)CCc1c[nH]c2c(C=O)ccc(O)c12. The summed E-state index contributed by atoms with van der Waals surface area (Å²) in [5, 5.41) is 10.8. The normalized spacial score (nSPS) is 11.3. The molecular weight excluding hydrogens is 240 g/mol. The van der Waals surface area contributed by atoms with E-state index >= 15 is 0 Å². The second-order valence-electron chi connectivity index (χ2n) is 4.63. The maximum absolute atomic E-state index is 11.0. The second kappa shape index (κ2) is 5.89. The van der Waals surface area contributed by atoms with Crippen molar-refractivity contribution in [2.45, 2.75) is 20.3 Å². The van der Waals surface area contributed by atoms with Gasteiger partial charge in [-0.1, -0.05) is 13.8 Å². The van der Waals surface area contributed by atoms with E-state index in [2.05, 4.69) is 23.7 Å². The number of aromatic hydroxyl groups is 1. The molecule has 0 fully saturated rings. The molecule has 0 unspecified atom stereocenters. The van der Waals surface area contributed by atoms with Gasteiger partial charge in [0.05, 0.1) is 5.52 Å². The van der Waals surface area contributed by atoms with E-state index in [1.165, 1.54) is 0 Å². The number of phenolic OH excluding ortho intramolecular Hbond substituents is 1. The molecule has 1 aromatic carbocycles. The summed E-state index contributed by atoms with van der Waals surface area (Å²) in [5.41, 5.74) is 2.37. The van der Waals surface area contributed by atoms with Gasteiger partial charge < -0.3 is 15.0 Å². The lowest BCUT2D eigenvalue weighted by atomic mass is 10.1.